The lowest BCUT2D eigenvalue weighted by Crippen LogP contribution is -2.24. The molecule has 0 aromatic carbocycles. The predicted molar refractivity (Wildman–Crippen MR) is 75.3 cm³/mol. The maximum absolute atomic E-state index is 11.9. The molecule has 106 valence electrons. The maximum atomic E-state index is 11.9. The Balaban J connectivity index is 1.96. The third-order valence-corrected chi connectivity index (χ3v) is 3.03. The molecule has 0 aliphatic heterocycles. The van der Waals surface area contributed by atoms with Gasteiger partial charge in [-0.25, -0.2) is 0 Å². The molecule has 0 radical (unpaired) electrons. The van der Waals surface area contributed by atoms with Crippen LogP contribution in [0, 0.1) is 6.92 Å². The fourth-order valence-electron chi connectivity index (χ4n) is 1.71. The number of nitrogens with one attached hydrogen (secondary N) is 2. The fraction of sp³-hybridized carbons (Fsp3) is 0.385. The van der Waals surface area contributed by atoms with Crippen molar-refractivity contribution in [2.45, 2.75) is 20.4 Å². The Hall–Kier alpha value is -2.44. The number of carbonyl (C=O) groups is 1. The monoisotopic (exact) mass is 274 g/mol. The molecule has 0 bridgehead atoms. The number of amides is 1. The predicted octanol–water partition coefficient (Wildman–Crippen LogP) is 0.880. The molecule has 2 N–H and O–H groups in total. The van der Waals surface area contributed by atoms with Crippen molar-refractivity contribution in [3.8, 4) is 0 Å². The van der Waals surface area contributed by atoms with Crippen molar-refractivity contribution in [2.75, 3.05) is 11.9 Å². The zero-order chi connectivity index (χ0) is 14.5. The minimum Gasteiger partial charge on any atom is -0.369 e. The van der Waals surface area contributed by atoms with Gasteiger partial charge < -0.3 is 10.6 Å². The number of aryl methyl sites for hydroxylation is 1. The van der Waals surface area contributed by atoms with E-state index in [2.05, 4.69) is 25.9 Å². The number of nitrogens with zero attached hydrogens (tertiary/aromatic N) is 4. The van der Waals surface area contributed by atoms with Crippen LogP contribution in [-0.2, 0) is 13.6 Å². The molecule has 2 aromatic heterocycles. The van der Waals surface area contributed by atoms with Gasteiger partial charge in [-0.1, -0.05) is 0 Å². The molecule has 2 heterocycles. The van der Waals surface area contributed by atoms with E-state index in [-0.39, 0.29) is 5.91 Å². The van der Waals surface area contributed by atoms with Crippen molar-refractivity contribution < 1.29 is 4.79 Å². The minimum atomic E-state index is -0.246. The summed E-state index contributed by atoms with van der Waals surface area (Å²) in [5.74, 6) is 0.413. The molecule has 20 heavy (non-hydrogen) atoms. The van der Waals surface area contributed by atoms with Crippen LogP contribution in [-0.4, -0.2) is 32.4 Å². The molecule has 0 aliphatic carbocycles. The molecule has 0 fully saturated rings. The number of aromatic nitrogens is 4. The Bertz CT molecular complexity index is 589. The first-order valence-electron chi connectivity index (χ1n) is 6.45. The van der Waals surface area contributed by atoms with E-state index in [0.717, 1.165) is 17.8 Å². The van der Waals surface area contributed by atoms with Gasteiger partial charge in [-0.05, 0) is 26.0 Å². The van der Waals surface area contributed by atoms with Crippen LogP contribution in [0.2, 0.25) is 0 Å². The molecule has 2 aromatic rings. The average molecular weight is 274 g/mol. The molecule has 7 nitrogen and oxygen atoms in total. The number of rotatable bonds is 5. The zero-order valence-electron chi connectivity index (χ0n) is 11.8. The zero-order valence-corrected chi connectivity index (χ0v) is 11.8. The minimum absolute atomic E-state index is 0.246. The normalized spacial score (nSPS) is 10.3. The largest absolute Gasteiger partial charge is 0.369 e. The maximum Gasteiger partial charge on any atom is 0.272 e. The van der Waals surface area contributed by atoms with Crippen LogP contribution in [0.15, 0.2) is 18.3 Å². The molecule has 0 aliphatic rings. The van der Waals surface area contributed by atoms with Crippen molar-refractivity contribution in [3.05, 3.63) is 35.3 Å². The molecule has 0 atom stereocenters. The van der Waals surface area contributed by atoms with Gasteiger partial charge in [0.1, 0.15) is 5.82 Å². The van der Waals surface area contributed by atoms with E-state index in [1.807, 2.05) is 20.9 Å². The standard InChI is InChI=1S/C13H18N6O/c1-4-14-12-6-5-11(17-18-12)13(20)15-7-10-8-16-19(3)9(10)2/h5-6,8H,4,7H2,1-3H3,(H,14,18)(H,15,20). The van der Waals surface area contributed by atoms with E-state index in [9.17, 15) is 4.79 Å². The van der Waals surface area contributed by atoms with E-state index in [4.69, 9.17) is 0 Å². The average Bonchev–Trinajstić information content (AvgIpc) is 2.77. The summed E-state index contributed by atoms with van der Waals surface area (Å²) in [6.45, 7) is 5.12. The van der Waals surface area contributed by atoms with Gasteiger partial charge in [-0.2, -0.15) is 5.10 Å². The van der Waals surface area contributed by atoms with Gasteiger partial charge in [-0.3, -0.25) is 9.48 Å². The lowest BCUT2D eigenvalue weighted by atomic mass is 10.2. The van der Waals surface area contributed by atoms with Crippen LogP contribution in [0.3, 0.4) is 0 Å². The highest BCUT2D eigenvalue weighted by Crippen LogP contribution is 2.06. The van der Waals surface area contributed by atoms with Crippen LogP contribution >= 0.6 is 0 Å². The van der Waals surface area contributed by atoms with Gasteiger partial charge in [0.25, 0.3) is 5.91 Å². The van der Waals surface area contributed by atoms with Crippen LogP contribution in [0.1, 0.15) is 28.7 Å². The van der Waals surface area contributed by atoms with Gasteiger partial charge in [0.15, 0.2) is 5.69 Å². The van der Waals surface area contributed by atoms with Crippen molar-refractivity contribution in [3.63, 3.8) is 0 Å². The third-order valence-electron chi connectivity index (χ3n) is 3.03. The third kappa shape index (κ3) is 3.11. The van der Waals surface area contributed by atoms with Crippen molar-refractivity contribution in [1.82, 2.24) is 25.3 Å². The summed E-state index contributed by atoms with van der Waals surface area (Å²) < 4.78 is 1.77. The van der Waals surface area contributed by atoms with Gasteiger partial charge in [0.2, 0.25) is 0 Å². The topological polar surface area (TPSA) is 84.7 Å². The van der Waals surface area contributed by atoms with Crippen LogP contribution in [0.4, 0.5) is 5.82 Å². The SMILES string of the molecule is CCNc1ccc(C(=O)NCc2cnn(C)c2C)nn1. The Morgan fingerprint density at radius 3 is 2.70 bits per heavy atom. The summed E-state index contributed by atoms with van der Waals surface area (Å²) in [7, 11) is 1.87. The van der Waals surface area contributed by atoms with Gasteiger partial charge in [0, 0.05) is 31.4 Å². The number of hydrogen-bond donors (Lipinski definition) is 2. The van der Waals surface area contributed by atoms with E-state index >= 15 is 0 Å². The first-order valence-corrected chi connectivity index (χ1v) is 6.45. The van der Waals surface area contributed by atoms with Gasteiger partial charge in [-0.15, -0.1) is 10.2 Å². The van der Waals surface area contributed by atoms with Crippen molar-refractivity contribution in [2.24, 2.45) is 7.05 Å². The Labute approximate surface area is 117 Å². The molecule has 1 amide bonds. The molecule has 0 unspecified atom stereocenters. The summed E-state index contributed by atoms with van der Waals surface area (Å²) in [6.07, 6.45) is 1.75. The second-order valence-corrected chi connectivity index (χ2v) is 4.40. The first kappa shape index (κ1) is 14.0. The smallest absolute Gasteiger partial charge is 0.272 e. The number of carbonyl (C=O) groups excluding carboxylic acids is 1. The second kappa shape index (κ2) is 6.14. The highest BCUT2D eigenvalue weighted by molar-refractivity contribution is 5.92. The van der Waals surface area contributed by atoms with Crippen LogP contribution in [0.25, 0.3) is 0 Å². The van der Waals surface area contributed by atoms with Crippen molar-refractivity contribution in [1.29, 1.82) is 0 Å². The number of anilines is 1. The summed E-state index contributed by atoms with van der Waals surface area (Å²) in [5, 5.41) is 17.8. The summed E-state index contributed by atoms with van der Waals surface area (Å²) >= 11 is 0. The Morgan fingerprint density at radius 1 is 1.35 bits per heavy atom. The quantitative estimate of drug-likeness (QED) is 0.845. The highest BCUT2D eigenvalue weighted by Gasteiger charge is 2.10. The van der Waals surface area contributed by atoms with Crippen LogP contribution in [0.5, 0.6) is 0 Å². The lowest BCUT2D eigenvalue weighted by Gasteiger charge is -2.05. The molecule has 2 rings (SSSR count). The van der Waals surface area contributed by atoms with E-state index < -0.39 is 0 Å². The summed E-state index contributed by atoms with van der Waals surface area (Å²) in [4.78, 5) is 11.9. The van der Waals surface area contributed by atoms with Gasteiger partial charge in [0.05, 0.1) is 6.20 Å². The summed E-state index contributed by atoms with van der Waals surface area (Å²) in [5.41, 5.74) is 2.31. The molecular weight excluding hydrogens is 256 g/mol. The number of hydrogen-bond acceptors (Lipinski definition) is 5. The molecule has 0 saturated heterocycles. The first-order chi connectivity index (χ1) is 9.61. The Kier molecular flexibility index (Phi) is 4.29. The van der Waals surface area contributed by atoms with Gasteiger partial charge >= 0.3 is 0 Å². The Morgan fingerprint density at radius 2 is 2.15 bits per heavy atom. The molecule has 0 saturated carbocycles. The highest BCUT2D eigenvalue weighted by atomic mass is 16.1. The van der Waals surface area contributed by atoms with Crippen molar-refractivity contribution >= 4 is 11.7 Å². The molecular formula is C13H18N6O. The fourth-order valence-corrected chi connectivity index (χ4v) is 1.71. The summed E-state index contributed by atoms with van der Waals surface area (Å²) in [6, 6.07) is 3.39. The van der Waals surface area contributed by atoms with Crippen LogP contribution < -0.4 is 10.6 Å². The molecule has 0 spiro atoms. The second-order valence-electron chi connectivity index (χ2n) is 4.40. The molecule has 7 heteroatoms. The van der Waals surface area contributed by atoms with E-state index in [1.165, 1.54) is 0 Å². The van der Waals surface area contributed by atoms with E-state index in [1.54, 1.807) is 23.0 Å². The van der Waals surface area contributed by atoms with E-state index in [0.29, 0.717) is 18.1 Å². The lowest BCUT2D eigenvalue weighted by molar-refractivity contribution is 0.0945.